The van der Waals surface area contributed by atoms with E-state index >= 15 is 0 Å². The first-order chi connectivity index (χ1) is 12.9. The van der Waals surface area contributed by atoms with Crippen LogP contribution in [0.25, 0.3) is 0 Å². The highest BCUT2D eigenvalue weighted by Crippen LogP contribution is 1.94. The Morgan fingerprint density at radius 1 is 0.621 bits per heavy atom. The number of carbonyl (C=O) groups is 4. The zero-order valence-corrected chi connectivity index (χ0v) is 16.3. The van der Waals surface area contributed by atoms with Crippen LogP contribution in [0.2, 0.25) is 0 Å². The van der Waals surface area contributed by atoms with Crippen molar-refractivity contribution >= 4 is 36.3 Å². The average molecular weight is 450 g/mol. The van der Waals surface area contributed by atoms with Crippen LogP contribution in [0.1, 0.15) is 0 Å². The van der Waals surface area contributed by atoms with E-state index in [1.165, 1.54) is 0 Å². The Labute approximate surface area is 172 Å². The number of nitrogens with zero attached hydrogens (tertiary/aromatic N) is 2. The summed E-state index contributed by atoms with van der Waals surface area (Å²) < 4.78 is 0. The third-order valence-electron chi connectivity index (χ3n) is 3.11. The van der Waals surface area contributed by atoms with Crippen LogP contribution in [-0.4, -0.2) is 134 Å². The predicted octanol–water partition coefficient (Wildman–Crippen LogP) is -3.99. The summed E-state index contributed by atoms with van der Waals surface area (Å²) in [4.78, 5) is 44.4. The lowest BCUT2D eigenvalue weighted by molar-refractivity contribution is -0.145. The van der Waals surface area contributed by atoms with E-state index in [1.807, 2.05) is 0 Å². The molecule has 0 aromatic heterocycles. The molecule has 0 atom stereocenters. The van der Waals surface area contributed by atoms with Gasteiger partial charge in [-0.1, -0.05) is 0 Å². The molecule has 0 amide bonds. The van der Waals surface area contributed by atoms with E-state index in [9.17, 15) is 19.2 Å². The van der Waals surface area contributed by atoms with E-state index in [4.69, 9.17) is 41.5 Å². The highest BCUT2D eigenvalue weighted by atomic mass is 35.5. The number of carboxylic acid groups (broad SMARTS) is 4. The van der Waals surface area contributed by atoms with E-state index in [1.54, 1.807) is 0 Å². The lowest BCUT2D eigenvalue weighted by atomic mass is 10.1. The maximum absolute atomic E-state index is 10.6. The van der Waals surface area contributed by atoms with Gasteiger partial charge in [0.25, 0.3) is 0 Å². The first kappa shape index (κ1) is 31.6. The number of hydrogen-bond donors (Lipinski definition) is 8. The van der Waals surface area contributed by atoms with Gasteiger partial charge >= 0.3 is 23.9 Å². The molecule has 9 N–H and O–H groups in total. The van der Waals surface area contributed by atoms with Crippen molar-refractivity contribution in [2.45, 2.75) is 5.54 Å². The van der Waals surface area contributed by atoms with Gasteiger partial charge in [0.2, 0.25) is 0 Å². The van der Waals surface area contributed by atoms with Crippen molar-refractivity contribution < 1.29 is 54.9 Å². The molecular formula is C14H28ClN3O11. The fraction of sp³-hybridized carbons (Fsp3) is 0.714. The van der Waals surface area contributed by atoms with Gasteiger partial charge < -0.3 is 41.5 Å². The number of carboxylic acids is 4. The number of nitrogens with two attached hydrogens (primary N) is 1. The SMILES string of the molecule is Cl.NC(CO)(CO)CO.O=C(O)CN(CCN(CC(=O)O)CC(=O)O)CC(=O)O. The van der Waals surface area contributed by atoms with Crippen molar-refractivity contribution in [3.63, 3.8) is 0 Å². The molecule has 0 bridgehead atoms. The summed E-state index contributed by atoms with van der Waals surface area (Å²) in [5.41, 5.74) is 3.94. The summed E-state index contributed by atoms with van der Waals surface area (Å²) in [6.45, 7) is -3.46. The Kier molecular flexibility index (Phi) is 18.4. The Morgan fingerprint density at radius 3 is 0.931 bits per heavy atom. The van der Waals surface area contributed by atoms with Crippen LogP contribution in [0.5, 0.6) is 0 Å². The summed E-state index contributed by atoms with van der Waals surface area (Å²) in [5, 5.41) is 59.5. The summed E-state index contributed by atoms with van der Waals surface area (Å²) in [5.74, 6) is -4.91. The Bertz CT molecular complexity index is 441. The topological polar surface area (TPSA) is 242 Å². The molecule has 0 radical (unpaired) electrons. The standard InChI is InChI=1S/C10H16N2O8.C4H11NO3.ClH/c13-7(14)3-11(4-8(15)16)1-2-12(5-9(17)18)6-10(19)20;5-4(1-6,2-7)3-8;/h1-6H2,(H,13,14)(H,15,16)(H,17,18)(H,19,20);6-8H,1-3,5H2;1H. The third kappa shape index (κ3) is 19.0. The minimum atomic E-state index is -1.23. The normalized spacial score (nSPS) is 10.7. The largest absolute Gasteiger partial charge is 0.480 e. The van der Waals surface area contributed by atoms with E-state index in [2.05, 4.69) is 0 Å². The van der Waals surface area contributed by atoms with Crippen molar-refractivity contribution in [2.24, 2.45) is 5.73 Å². The maximum Gasteiger partial charge on any atom is 0.317 e. The molecule has 0 aliphatic heterocycles. The second-order valence-corrected chi connectivity index (χ2v) is 5.83. The predicted molar refractivity (Wildman–Crippen MR) is 98.8 cm³/mol. The molecule has 0 aliphatic carbocycles. The van der Waals surface area contributed by atoms with Gasteiger partial charge in [0.1, 0.15) is 0 Å². The molecule has 0 saturated heterocycles. The summed E-state index contributed by atoms with van der Waals surface area (Å²) >= 11 is 0. The second kappa shape index (κ2) is 16.8. The fourth-order valence-electron chi connectivity index (χ4n) is 1.63. The van der Waals surface area contributed by atoms with Gasteiger partial charge in [0.05, 0.1) is 51.5 Å². The molecule has 0 aliphatic rings. The van der Waals surface area contributed by atoms with Crippen molar-refractivity contribution in [1.82, 2.24) is 9.80 Å². The maximum atomic E-state index is 10.6. The monoisotopic (exact) mass is 449 g/mol. The highest BCUT2D eigenvalue weighted by Gasteiger charge is 2.21. The van der Waals surface area contributed by atoms with E-state index in [0.717, 1.165) is 9.80 Å². The summed E-state index contributed by atoms with van der Waals surface area (Å²) in [7, 11) is 0. The average Bonchev–Trinajstić information content (AvgIpc) is 2.57. The van der Waals surface area contributed by atoms with Crippen LogP contribution in [0, 0.1) is 0 Å². The Balaban J connectivity index is -0.000000636. The molecule has 0 rings (SSSR count). The second-order valence-electron chi connectivity index (χ2n) is 5.83. The van der Waals surface area contributed by atoms with Crippen molar-refractivity contribution in [1.29, 1.82) is 0 Å². The van der Waals surface area contributed by atoms with Gasteiger partial charge in [-0.3, -0.25) is 29.0 Å². The van der Waals surface area contributed by atoms with Crippen molar-refractivity contribution in [3.05, 3.63) is 0 Å². The molecule has 0 spiro atoms. The van der Waals surface area contributed by atoms with Gasteiger partial charge in [0.15, 0.2) is 0 Å². The number of halogens is 1. The number of rotatable bonds is 14. The smallest absolute Gasteiger partial charge is 0.317 e. The quantitative estimate of drug-likeness (QED) is 0.126. The molecule has 0 aromatic rings. The molecule has 0 heterocycles. The third-order valence-corrected chi connectivity index (χ3v) is 3.11. The minimum absolute atomic E-state index is 0. The molecular weight excluding hydrogens is 422 g/mol. The van der Waals surface area contributed by atoms with Gasteiger partial charge in [-0.05, 0) is 0 Å². The van der Waals surface area contributed by atoms with Gasteiger partial charge in [0, 0.05) is 13.1 Å². The van der Waals surface area contributed by atoms with Crippen LogP contribution >= 0.6 is 12.4 Å². The van der Waals surface area contributed by atoms with Crippen molar-refractivity contribution in [2.75, 3.05) is 59.1 Å². The van der Waals surface area contributed by atoms with Gasteiger partial charge in [-0.25, -0.2) is 0 Å². The first-order valence-electron chi connectivity index (χ1n) is 7.82. The number of aliphatic hydroxyl groups is 3. The molecule has 14 nitrogen and oxygen atoms in total. The van der Waals surface area contributed by atoms with Crippen LogP contribution < -0.4 is 5.73 Å². The molecule has 0 unspecified atom stereocenters. The zero-order valence-electron chi connectivity index (χ0n) is 15.5. The zero-order chi connectivity index (χ0) is 22.3. The summed E-state index contributed by atoms with van der Waals surface area (Å²) in [6.07, 6.45) is 0. The lowest BCUT2D eigenvalue weighted by Gasteiger charge is -2.23. The molecule has 172 valence electrons. The molecule has 15 heteroatoms. The lowest BCUT2D eigenvalue weighted by Crippen LogP contribution is -2.50. The molecule has 0 fully saturated rings. The molecule has 29 heavy (non-hydrogen) atoms. The van der Waals surface area contributed by atoms with Crippen LogP contribution in [0.4, 0.5) is 0 Å². The van der Waals surface area contributed by atoms with Crippen molar-refractivity contribution in [3.8, 4) is 0 Å². The number of aliphatic hydroxyl groups excluding tert-OH is 3. The van der Waals surface area contributed by atoms with E-state index < -0.39 is 75.4 Å². The van der Waals surface area contributed by atoms with Gasteiger partial charge in [-0.2, -0.15) is 0 Å². The van der Waals surface area contributed by atoms with E-state index in [0.29, 0.717) is 0 Å². The summed E-state index contributed by atoms with van der Waals surface area (Å²) in [6, 6.07) is 0. The van der Waals surface area contributed by atoms with Crippen LogP contribution in [0.15, 0.2) is 0 Å². The van der Waals surface area contributed by atoms with E-state index in [-0.39, 0.29) is 25.5 Å². The Hall–Kier alpha value is -2.07. The molecule has 0 aromatic carbocycles. The Morgan fingerprint density at radius 2 is 0.828 bits per heavy atom. The minimum Gasteiger partial charge on any atom is -0.480 e. The number of hydrogen-bond acceptors (Lipinski definition) is 10. The van der Waals surface area contributed by atoms with Crippen LogP contribution in [0.3, 0.4) is 0 Å². The molecule has 0 saturated carbocycles. The van der Waals surface area contributed by atoms with Gasteiger partial charge in [-0.15, -0.1) is 12.4 Å². The number of aliphatic carboxylic acids is 4. The van der Waals surface area contributed by atoms with Crippen LogP contribution in [-0.2, 0) is 19.2 Å². The highest BCUT2D eigenvalue weighted by molar-refractivity contribution is 5.85. The first-order valence-corrected chi connectivity index (χ1v) is 7.82. The fourth-order valence-corrected chi connectivity index (χ4v) is 1.63.